The molecule has 0 unspecified atom stereocenters. The summed E-state index contributed by atoms with van der Waals surface area (Å²) < 4.78 is 15.9. The van der Waals surface area contributed by atoms with Gasteiger partial charge in [0.1, 0.15) is 5.60 Å². The predicted octanol–water partition coefficient (Wildman–Crippen LogP) is 4.50. The number of hydrogen-bond donors (Lipinski definition) is 3. The van der Waals surface area contributed by atoms with E-state index in [1.54, 1.807) is 19.1 Å². The highest BCUT2D eigenvalue weighted by molar-refractivity contribution is 5.94. The number of amides is 3. The molecule has 0 atom stereocenters. The molecular weight excluding hydrogens is 413 g/mol. The van der Waals surface area contributed by atoms with Gasteiger partial charge in [-0.1, -0.05) is 31.9 Å². The number of ether oxygens (including phenoxy) is 1. The van der Waals surface area contributed by atoms with Gasteiger partial charge in [0.2, 0.25) is 5.91 Å². The van der Waals surface area contributed by atoms with Gasteiger partial charge in [0.05, 0.1) is 6.67 Å². The van der Waals surface area contributed by atoms with Crippen LogP contribution in [0.15, 0.2) is 24.3 Å². The second-order valence-electron chi connectivity index (χ2n) is 8.39. The fraction of sp³-hybridized carbons (Fsp3) is 0.625. The van der Waals surface area contributed by atoms with E-state index >= 15 is 0 Å². The van der Waals surface area contributed by atoms with Crippen LogP contribution in [0.4, 0.5) is 9.18 Å². The van der Waals surface area contributed by atoms with E-state index in [9.17, 15) is 18.8 Å². The molecule has 32 heavy (non-hydrogen) atoms. The maximum Gasteiger partial charge on any atom is 0.407 e. The molecular formula is C24H40FN3O4. The first-order chi connectivity index (χ1) is 15.1. The van der Waals surface area contributed by atoms with Gasteiger partial charge in [0.15, 0.2) is 0 Å². The Kier molecular flexibility index (Phi) is 15.6. The quantitative estimate of drug-likeness (QED) is 0.430. The van der Waals surface area contributed by atoms with E-state index in [0.29, 0.717) is 31.6 Å². The minimum Gasteiger partial charge on any atom is -0.444 e. The van der Waals surface area contributed by atoms with E-state index in [0.717, 1.165) is 31.2 Å². The second-order valence-corrected chi connectivity index (χ2v) is 8.39. The third kappa shape index (κ3) is 17.1. The molecule has 0 heterocycles. The molecule has 0 aliphatic rings. The topological polar surface area (TPSA) is 96.5 Å². The lowest BCUT2D eigenvalue weighted by Gasteiger charge is -2.19. The Balaban J connectivity index is 0.00000220. The van der Waals surface area contributed by atoms with E-state index in [4.69, 9.17) is 4.74 Å². The molecule has 0 fully saturated rings. The minimum absolute atomic E-state index is 0.00102. The Labute approximate surface area is 191 Å². The summed E-state index contributed by atoms with van der Waals surface area (Å²) in [5.41, 5.74) is 0.950. The van der Waals surface area contributed by atoms with Crippen LogP contribution >= 0.6 is 0 Å². The molecule has 1 aromatic rings. The summed E-state index contributed by atoms with van der Waals surface area (Å²) in [6.07, 6.45) is 4.08. The van der Waals surface area contributed by atoms with Crippen molar-refractivity contribution in [1.29, 1.82) is 0 Å². The van der Waals surface area contributed by atoms with Gasteiger partial charge < -0.3 is 20.7 Å². The van der Waals surface area contributed by atoms with Gasteiger partial charge >= 0.3 is 6.09 Å². The van der Waals surface area contributed by atoms with Crippen LogP contribution in [0.1, 0.15) is 82.6 Å². The molecule has 1 rings (SSSR count). The van der Waals surface area contributed by atoms with Crippen molar-refractivity contribution >= 4 is 17.9 Å². The van der Waals surface area contributed by atoms with Gasteiger partial charge in [0, 0.05) is 32.1 Å². The molecule has 0 aromatic heterocycles. The molecule has 0 spiro atoms. The number of rotatable bonds is 11. The lowest BCUT2D eigenvalue weighted by Crippen LogP contribution is -2.32. The summed E-state index contributed by atoms with van der Waals surface area (Å²) in [7, 11) is 0. The molecule has 0 saturated heterocycles. The number of benzene rings is 1. The van der Waals surface area contributed by atoms with Crippen molar-refractivity contribution in [2.75, 3.05) is 19.8 Å². The highest BCUT2D eigenvalue weighted by Crippen LogP contribution is 2.08. The van der Waals surface area contributed by atoms with Gasteiger partial charge in [-0.3, -0.25) is 14.0 Å². The number of halogens is 1. The first-order valence-electron chi connectivity index (χ1n) is 11.2. The number of hydrogen-bond acceptors (Lipinski definition) is 4. The monoisotopic (exact) mass is 453 g/mol. The molecule has 1 aromatic carbocycles. The highest BCUT2D eigenvalue weighted by atomic mass is 19.1. The van der Waals surface area contributed by atoms with Gasteiger partial charge in [-0.15, -0.1) is 0 Å². The molecule has 3 amide bonds. The van der Waals surface area contributed by atoms with Crippen LogP contribution < -0.4 is 16.0 Å². The zero-order valence-electron chi connectivity index (χ0n) is 20.2. The molecule has 0 saturated carbocycles. The molecule has 182 valence electrons. The van der Waals surface area contributed by atoms with E-state index in [-0.39, 0.29) is 18.5 Å². The molecule has 8 heteroatoms. The summed E-state index contributed by atoms with van der Waals surface area (Å²) in [6.45, 7) is 10.2. The number of carbonyl (C=O) groups is 3. The normalized spacial score (nSPS) is 10.4. The number of carbonyl (C=O) groups excluding carboxylic acids is 3. The zero-order chi connectivity index (χ0) is 24.4. The lowest BCUT2D eigenvalue weighted by atomic mass is 10.1. The Morgan fingerprint density at radius 3 is 1.91 bits per heavy atom. The number of unbranched alkanes of at least 4 members (excludes halogenated alkanes) is 3. The smallest absolute Gasteiger partial charge is 0.407 e. The van der Waals surface area contributed by atoms with Crippen molar-refractivity contribution in [3.8, 4) is 0 Å². The predicted molar refractivity (Wildman–Crippen MR) is 125 cm³/mol. The van der Waals surface area contributed by atoms with Crippen LogP contribution in [0.2, 0.25) is 0 Å². The standard InChI is InChI=1S/C21H33N3O4.C3H7F/c1-16(25)22-13-7-5-6-8-14-23-19(26)18-11-9-17(10-12-18)15-24-20(27)28-21(2,3)4;1-2-3-4/h9-12H,5-8,13-15H2,1-4H3,(H,22,25)(H,23,26)(H,24,27);2-3H2,1H3. The minimum atomic E-state index is -0.530. The largest absolute Gasteiger partial charge is 0.444 e. The highest BCUT2D eigenvalue weighted by Gasteiger charge is 2.15. The summed E-state index contributed by atoms with van der Waals surface area (Å²) >= 11 is 0. The van der Waals surface area contributed by atoms with Crippen LogP contribution in [0.25, 0.3) is 0 Å². The van der Waals surface area contributed by atoms with Crippen LogP contribution in [0.5, 0.6) is 0 Å². The number of nitrogens with one attached hydrogen (secondary N) is 3. The van der Waals surface area contributed by atoms with Crippen LogP contribution in [0, 0.1) is 0 Å². The molecule has 7 nitrogen and oxygen atoms in total. The summed E-state index contributed by atoms with van der Waals surface area (Å²) in [6, 6.07) is 7.12. The first kappa shape index (κ1) is 29.4. The van der Waals surface area contributed by atoms with E-state index < -0.39 is 11.7 Å². The van der Waals surface area contributed by atoms with Crippen molar-refractivity contribution in [2.45, 2.75) is 78.9 Å². The summed E-state index contributed by atoms with van der Waals surface area (Å²) in [5.74, 6) is -0.108. The SMILES string of the molecule is CC(=O)NCCCCCCNC(=O)c1ccc(CNC(=O)OC(C)(C)C)cc1.CCCF. The van der Waals surface area contributed by atoms with E-state index in [1.165, 1.54) is 6.92 Å². The maximum absolute atomic E-state index is 12.1. The van der Waals surface area contributed by atoms with Crippen molar-refractivity contribution < 1.29 is 23.5 Å². The first-order valence-corrected chi connectivity index (χ1v) is 11.2. The second kappa shape index (κ2) is 17.0. The van der Waals surface area contributed by atoms with Crippen LogP contribution in [0.3, 0.4) is 0 Å². The van der Waals surface area contributed by atoms with Gasteiger partial charge in [-0.25, -0.2) is 4.79 Å². The Morgan fingerprint density at radius 1 is 0.906 bits per heavy atom. The Morgan fingerprint density at radius 2 is 1.44 bits per heavy atom. The molecule has 0 radical (unpaired) electrons. The van der Waals surface area contributed by atoms with Gasteiger partial charge in [-0.2, -0.15) is 0 Å². The molecule has 0 aliphatic heterocycles. The molecule has 0 aliphatic carbocycles. The van der Waals surface area contributed by atoms with E-state index in [2.05, 4.69) is 16.0 Å². The molecule has 0 bridgehead atoms. The van der Waals surface area contributed by atoms with Crippen molar-refractivity contribution in [3.05, 3.63) is 35.4 Å². The third-order valence-corrected chi connectivity index (χ3v) is 4.00. The Hall–Kier alpha value is -2.64. The van der Waals surface area contributed by atoms with Crippen molar-refractivity contribution in [1.82, 2.24) is 16.0 Å². The van der Waals surface area contributed by atoms with E-state index in [1.807, 2.05) is 32.9 Å². The van der Waals surface area contributed by atoms with Crippen LogP contribution in [-0.4, -0.2) is 43.3 Å². The van der Waals surface area contributed by atoms with Crippen molar-refractivity contribution in [2.24, 2.45) is 0 Å². The zero-order valence-corrected chi connectivity index (χ0v) is 20.2. The maximum atomic E-state index is 12.1. The number of alkyl carbamates (subject to hydrolysis) is 1. The average Bonchev–Trinajstić information content (AvgIpc) is 2.73. The lowest BCUT2D eigenvalue weighted by molar-refractivity contribution is -0.118. The van der Waals surface area contributed by atoms with Crippen molar-refractivity contribution in [3.63, 3.8) is 0 Å². The summed E-state index contributed by atoms with van der Waals surface area (Å²) in [4.78, 5) is 34.5. The van der Waals surface area contributed by atoms with Gasteiger partial charge in [0.25, 0.3) is 5.91 Å². The fourth-order valence-corrected chi connectivity index (χ4v) is 2.43. The Bertz CT molecular complexity index is 671. The number of alkyl halides is 1. The third-order valence-electron chi connectivity index (χ3n) is 4.00. The molecule has 3 N–H and O–H groups in total. The summed E-state index contributed by atoms with van der Waals surface area (Å²) in [5, 5.41) is 8.36. The van der Waals surface area contributed by atoms with Gasteiger partial charge in [-0.05, 0) is 57.7 Å². The average molecular weight is 454 g/mol. The van der Waals surface area contributed by atoms with Crippen LogP contribution in [-0.2, 0) is 16.1 Å². The fourth-order valence-electron chi connectivity index (χ4n) is 2.43.